The van der Waals surface area contributed by atoms with Gasteiger partial charge in [0.25, 0.3) is 0 Å². The van der Waals surface area contributed by atoms with Crippen LogP contribution in [0.25, 0.3) is 0 Å². The van der Waals surface area contributed by atoms with Gasteiger partial charge in [-0.2, -0.15) is 0 Å². The third-order valence-electron chi connectivity index (χ3n) is 4.80. The quantitative estimate of drug-likeness (QED) is 0.767. The Morgan fingerprint density at radius 1 is 1.19 bits per heavy atom. The molecule has 8 heteroatoms. The fourth-order valence-electron chi connectivity index (χ4n) is 3.49. The molecule has 1 fully saturated rings. The summed E-state index contributed by atoms with van der Waals surface area (Å²) >= 11 is 0. The standard InChI is InChI=1S/C19H16N2O6/c22-16-4-1-10(7-14(16)18(24)25)13-9-17(23)20-15-8-11(2-3-12(13)15)21-5-6-27-19(21)26/h1-4,7-8,13,22H,5-6,9H2,(H,20,23)(H,24,25)/t13-/m0/s1. The summed E-state index contributed by atoms with van der Waals surface area (Å²) in [6.45, 7) is 0.755. The molecule has 0 bridgehead atoms. The number of phenols is 1. The summed E-state index contributed by atoms with van der Waals surface area (Å²) < 4.78 is 4.94. The molecule has 0 aromatic heterocycles. The average molecular weight is 368 g/mol. The first-order valence-electron chi connectivity index (χ1n) is 8.38. The summed E-state index contributed by atoms with van der Waals surface area (Å²) in [5, 5.41) is 21.8. The van der Waals surface area contributed by atoms with Gasteiger partial charge in [0.1, 0.15) is 17.9 Å². The van der Waals surface area contributed by atoms with Gasteiger partial charge in [-0.3, -0.25) is 9.69 Å². The molecule has 0 radical (unpaired) electrons. The molecular formula is C19H16N2O6. The van der Waals surface area contributed by atoms with Gasteiger partial charge >= 0.3 is 12.1 Å². The Hall–Kier alpha value is -3.55. The molecule has 3 N–H and O–H groups in total. The van der Waals surface area contributed by atoms with Crippen molar-refractivity contribution in [2.24, 2.45) is 0 Å². The smallest absolute Gasteiger partial charge is 0.414 e. The molecule has 138 valence electrons. The van der Waals surface area contributed by atoms with E-state index < -0.39 is 12.1 Å². The van der Waals surface area contributed by atoms with Crippen LogP contribution < -0.4 is 10.2 Å². The molecule has 2 aliphatic rings. The number of amides is 2. The molecule has 2 heterocycles. The first kappa shape index (κ1) is 16.9. The summed E-state index contributed by atoms with van der Waals surface area (Å²) in [6.07, 6.45) is -0.277. The van der Waals surface area contributed by atoms with Gasteiger partial charge < -0.3 is 20.3 Å². The van der Waals surface area contributed by atoms with Crippen LogP contribution in [0.2, 0.25) is 0 Å². The van der Waals surface area contributed by atoms with Gasteiger partial charge in [0.15, 0.2) is 0 Å². The maximum absolute atomic E-state index is 12.2. The van der Waals surface area contributed by atoms with E-state index >= 15 is 0 Å². The van der Waals surface area contributed by atoms with E-state index in [2.05, 4.69) is 5.32 Å². The average Bonchev–Trinajstić information content (AvgIpc) is 3.06. The first-order valence-corrected chi connectivity index (χ1v) is 8.38. The van der Waals surface area contributed by atoms with Gasteiger partial charge in [-0.25, -0.2) is 9.59 Å². The number of benzene rings is 2. The zero-order valence-corrected chi connectivity index (χ0v) is 14.1. The Morgan fingerprint density at radius 3 is 2.70 bits per heavy atom. The Morgan fingerprint density at radius 2 is 2.00 bits per heavy atom. The van der Waals surface area contributed by atoms with Crippen LogP contribution in [0.1, 0.15) is 33.8 Å². The van der Waals surface area contributed by atoms with Crippen molar-refractivity contribution in [3.63, 3.8) is 0 Å². The SMILES string of the molecule is O=C1C[C@@H](c2ccc(O)c(C(=O)O)c2)c2ccc(N3CCOC3=O)cc2N1. The normalized spacial score (nSPS) is 18.7. The number of aromatic carboxylic acids is 1. The second-order valence-electron chi connectivity index (χ2n) is 6.42. The number of nitrogens with zero attached hydrogens (tertiary/aromatic N) is 1. The lowest BCUT2D eigenvalue weighted by atomic mass is 9.84. The minimum atomic E-state index is -1.24. The van der Waals surface area contributed by atoms with Crippen molar-refractivity contribution in [2.75, 3.05) is 23.4 Å². The minimum absolute atomic E-state index is 0.155. The highest BCUT2D eigenvalue weighted by molar-refractivity contribution is 5.98. The summed E-state index contributed by atoms with van der Waals surface area (Å²) in [7, 11) is 0. The third-order valence-corrected chi connectivity index (χ3v) is 4.80. The van der Waals surface area contributed by atoms with E-state index in [9.17, 15) is 24.6 Å². The molecule has 0 spiro atoms. The van der Waals surface area contributed by atoms with E-state index in [1.807, 2.05) is 6.07 Å². The Labute approximate surface area is 154 Å². The molecule has 27 heavy (non-hydrogen) atoms. The second-order valence-corrected chi connectivity index (χ2v) is 6.42. The van der Waals surface area contributed by atoms with Gasteiger partial charge in [-0.15, -0.1) is 0 Å². The monoisotopic (exact) mass is 368 g/mol. The number of anilines is 2. The van der Waals surface area contributed by atoms with Crippen LogP contribution in [0.3, 0.4) is 0 Å². The second kappa shape index (κ2) is 6.31. The van der Waals surface area contributed by atoms with E-state index in [1.165, 1.54) is 17.0 Å². The molecule has 2 amide bonds. The third kappa shape index (κ3) is 2.95. The topological polar surface area (TPSA) is 116 Å². The van der Waals surface area contributed by atoms with Crippen LogP contribution in [0.15, 0.2) is 36.4 Å². The lowest BCUT2D eigenvalue weighted by Crippen LogP contribution is -2.26. The zero-order valence-electron chi connectivity index (χ0n) is 14.1. The van der Waals surface area contributed by atoms with Crippen molar-refractivity contribution in [2.45, 2.75) is 12.3 Å². The zero-order chi connectivity index (χ0) is 19.1. The van der Waals surface area contributed by atoms with Crippen LogP contribution in [0.4, 0.5) is 16.2 Å². The number of carbonyl (C=O) groups excluding carboxylic acids is 2. The van der Waals surface area contributed by atoms with E-state index in [0.29, 0.717) is 30.1 Å². The van der Waals surface area contributed by atoms with E-state index in [4.69, 9.17) is 4.74 Å². The minimum Gasteiger partial charge on any atom is -0.507 e. The molecule has 0 aliphatic carbocycles. The Bertz CT molecular complexity index is 971. The number of aromatic hydroxyl groups is 1. The number of rotatable bonds is 3. The Balaban J connectivity index is 1.75. The molecule has 2 aromatic rings. The predicted octanol–water partition coefficient (Wildman–Crippen LogP) is 2.52. The molecule has 0 saturated carbocycles. The molecule has 2 aliphatic heterocycles. The van der Waals surface area contributed by atoms with Gasteiger partial charge in [0.05, 0.1) is 6.54 Å². The predicted molar refractivity (Wildman–Crippen MR) is 95.3 cm³/mol. The van der Waals surface area contributed by atoms with Crippen LogP contribution in [-0.2, 0) is 9.53 Å². The van der Waals surface area contributed by atoms with E-state index in [1.54, 1.807) is 18.2 Å². The highest BCUT2D eigenvalue weighted by atomic mass is 16.6. The fourth-order valence-corrected chi connectivity index (χ4v) is 3.49. The number of nitrogens with one attached hydrogen (secondary N) is 1. The van der Waals surface area contributed by atoms with E-state index in [-0.39, 0.29) is 29.6 Å². The van der Waals surface area contributed by atoms with Gasteiger partial charge in [-0.05, 0) is 35.4 Å². The number of hydrogen-bond donors (Lipinski definition) is 3. The summed E-state index contributed by atoms with van der Waals surface area (Å²) in [6, 6.07) is 9.61. The number of carboxylic acid groups (broad SMARTS) is 1. The summed E-state index contributed by atoms with van der Waals surface area (Å²) in [5.41, 5.74) is 2.41. The van der Waals surface area contributed by atoms with Crippen molar-refractivity contribution in [1.29, 1.82) is 0 Å². The fraction of sp³-hybridized carbons (Fsp3) is 0.211. The molecule has 1 atom stereocenters. The number of carbonyl (C=O) groups is 3. The largest absolute Gasteiger partial charge is 0.507 e. The molecule has 4 rings (SSSR count). The molecule has 1 saturated heterocycles. The number of cyclic esters (lactones) is 1. The summed E-state index contributed by atoms with van der Waals surface area (Å²) in [5.74, 6) is -2.13. The van der Waals surface area contributed by atoms with Crippen LogP contribution in [0, 0.1) is 0 Å². The van der Waals surface area contributed by atoms with Crippen molar-refractivity contribution in [1.82, 2.24) is 0 Å². The number of fused-ring (bicyclic) bond motifs is 1. The molecule has 2 aromatic carbocycles. The molecular weight excluding hydrogens is 352 g/mol. The highest BCUT2D eigenvalue weighted by Gasteiger charge is 2.30. The first-order chi connectivity index (χ1) is 12.9. The van der Waals surface area contributed by atoms with Gasteiger partial charge in [-0.1, -0.05) is 12.1 Å². The van der Waals surface area contributed by atoms with Gasteiger partial charge in [0, 0.05) is 23.7 Å². The summed E-state index contributed by atoms with van der Waals surface area (Å²) in [4.78, 5) is 36.8. The van der Waals surface area contributed by atoms with Crippen molar-refractivity contribution in [3.05, 3.63) is 53.1 Å². The van der Waals surface area contributed by atoms with E-state index in [0.717, 1.165) is 5.56 Å². The maximum Gasteiger partial charge on any atom is 0.414 e. The Kier molecular flexibility index (Phi) is 3.95. The van der Waals surface area contributed by atoms with Crippen LogP contribution in [-0.4, -0.2) is 41.3 Å². The number of carboxylic acids is 1. The van der Waals surface area contributed by atoms with Gasteiger partial charge in [0.2, 0.25) is 5.91 Å². The molecule has 0 unspecified atom stereocenters. The highest BCUT2D eigenvalue weighted by Crippen LogP contribution is 2.40. The van der Waals surface area contributed by atoms with Crippen LogP contribution in [0.5, 0.6) is 5.75 Å². The lowest BCUT2D eigenvalue weighted by molar-refractivity contribution is -0.116. The van der Waals surface area contributed by atoms with Crippen molar-refractivity contribution in [3.8, 4) is 5.75 Å². The molecule has 8 nitrogen and oxygen atoms in total. The lowest BCUT2D eigenvalue weighted by Gasteiger charge is -2.27. The maximum atomic E-state index is 12.2. The number of hydrogen-bond acceptors (Lipinski definition) is 5. The van der Waals surface area contributed by atoms with Crippen molar-refractivity contribution < 1.29 is 29.3 Å². The van der Waals surface area contributed by atoms with Crippen molar-refractivity contribution >= 4 is 29.3 Å². The van der Waals surface area contributed by atoms with Crippen LogP contribution >= 0.6 is 0 Å². The number of ether oxygens (including phenoxy) is 1.